The van der Waals surface area contributed by atoms with E-state index in [1.165, 1.54) is 0 Å². The number of nitrogens with zero attached hydrogens (tertiary/aromatic N) is 1. The maximum Gasteiger partial charge on any atom is 0.189 e. The number of carbonyl (C=O) groups is 1. The summed E-state index contributed by atoms with van der Waals surface area (Å²) in [4.78, 5) is 11.9. The van der Waals surface area contributed by atoms with Gasteiger partial charge in [0.1, 0.15) is 0 Å². The Kier molecular flexibility index (Phi) is 4.07. The third-order valence-corrected chi connectivity index (χ3v) is 4.22. The standard InChI is InChI=1S/C12H17NO2S/c1-13-6-2-3-11(13)12(14)9-16-10-4-7-15-8-5-10/h2-3,6,10H,4-5,7-9H2,1H3. The molecule has 16 heavy (non-hydrogen) atoms. The van der Waals surface area contributed by atoms with Gasteiger partial charge in [0.05, 0.1) is 11.4 Å². The van der Waals surface area contributed by atoms with Gasteiger partial charge in [0, 0.05) is 31.7 Å². The van der Waals surface area contributed by atoms with Gasteiger partial charge >= 0.3 is 0 Å². The molecule has 1 fully saturated rings. The molecular weight excluding hydrogens is 222 g/mol. The Morgan fingerprint density at radius 1 is 1.56 bits per heavy atom. The van der Waals surface area contributed by atoms with Crippen LogP contribution in [0.1, 0.15) is 23.3 Å². The quantitative estimate of drug-likeness (QED) is 0.754. The van der Waals surface area contributed by atoms with Crippen molar-refractivity contribution in [1.29, 1.82) is 0 Å². The molecule has 1 saturated heterocycles. The molecule has 2 heterocycles. The third-order valence-electron chi connectivity index (χ3n) is 2.85. The van der Waals surface area contributed by atoms with Gasteiger partial charge < -0.3 is 9.30 Å². The lowest BCUT2D eigenvalue weighted by atomic mass is 10.2. The van der Waals surface area contributed by atoms with E-state index in [0.29, 0.717) is 11.0 Å². The smallest absolute Gasteiger partial charge is 0.189 e. The van der Waals surface area contributed by atoms with E-state index in [2.05, 4.69) is 0 Å². The Balaban J connectivity index is 1.81. The van der Waals surface area contributed by atoms with Gasteiger partial charge in [-0.3, -0.25) is 4.79 Å². The molecular formula is C12H17NO2S. The monoisotopic (exact) mass is 239 g/mol. The maximum atomic E-state index is 11.9. The number of carbonyl (C=O) groups excluding carboxylic acids is 1. The van der Waals surface area contributed by atoms with Crippen molar-refractivity contribution < 1.29 is 9.53 Å². The normalized spacial score (nSPS) is 17.6. The van der Waals surface area contributed by atoms with Crippen molar-refractivity contribution in [3.05, 3.63) is 24.0 Å². The van der Waals surface area contributed by atoms with Crippen molar-refractivity contribution in [3.63, 3.8) is 0 Å². The van der Waals surface area contributed by atoms with Crippen LogP contribution in [0.15, 0.2) is 18.3 Å². The molecule has 0 bridgehead atoms. The number of hydrogen-bond acceptors (Lipinski definition) is 3. The summed E-state index contributed by atoms with van der Waals surface area (Å²) in [7, 11) is 1.91. The van der Waals surface area contributed by atoms with E-state index in [1.54, 1.807) is 11.8 Å². The zero-order valence-corrected chi connectivity index (χ0v) is 10.3. The molecule has 3 nitrogen and oxygen atoms in total. The molecule has 1 aliphatic heterocycles. The highest BCUT2D eigenvalue weighted by Crippen LogP contribution is 2.22. The lowest BCUT2D eigenvalue weighted by molar-refractivity contribution is 0.0985. The zero-order chi connectivity index (χ0) is 11.4. The van der Waals surface area contributed by atoms with Crippen molar-refractivity contribution >= 4 is 17.5 Å². The molecule has 0 aliphatic carbocycles. The van der Waals surface area contributed by atoms with Gasteiger partial charge in [-0.25, -0.2) is 0 Å². The van der Waals surface area contributed by atoms with Gasteiger partial charge in [-0.2, -0.15) is 11.8 Å². The first kappa shape index (κ1) is 11.7. The first-order chi connectivity index (χ1) is 7.77. The van der Waals surface area contributed by atoms with Crippen molar-refractivity contribution in [2.75, 3.05) is 19.0 Å². The van der Waals surface area contributed by atoms with E-state index in [1.807, 2.05) is 29.9 Å². The summed E-state index contributed by atoms with van der Waals surface area (Å²) in [6.07, 6.45) is 4.06. The SMILES string of the molecule is Cn1cccc1C(=O)CSC1CCOCC1. The van der Waals surface area contributed by atoms with Crippen LogP contribution in [0.25, 0.3) is 0 Å². The average molecular weight is 239 g/mol. The van der Waals surface area contributed by atoms with Crippen molar-refractivity contribution in [2.24, 2.45) is 7.05 Å². The van der Waals surface area contributed by atoms with Crippen LogP contribution in [-0.2, 0) is 11.8 Å². The maximum absolute atomic E-state index is 11.9. The van der Waals surface area contributed by atoms with Gasteiger partial charge in [0.25, 0.3) is 0 Å². The molecule has 1 aromatic heterocycles. The second-order valence-corrected chi connectivity index (χ2v) is 5.34. The van der Waals surface area contributed by atoms with E-state index in [-0.39, 0.29) is 5.78 Å². The van der Waals surface area contributed by atoms with E-state index >= 15 is 0 Å². The molecule has 0 atom stereocenters. The Labute approximate surface area is 100 Å². The number of aromatic nitrogens is 1. The van der Waals surface area contributed by atoms with Crippen LogP contribution in [0.3, 0.4) is 0 Å². The van der Waals surface area contributed by atoms with Crippen molar-refractivity contribution in [2.45, 2.75) is 18.1 Å². The summed E-state index contributed by atoms with van der Waals surface area (Å²) < 4.78 is 7.18. The minimum Gasteiger partial charge on any atom is -0.381 e. The number of hydrogen-bond donors (Lipinski definition) is 0. The Bertz CT molecular complexity index is 356. The Hall–Kier alpha value is -0.740. The topological polar surface area (TPSA) is 31.2 Å². The number of Topliss-reactive ketones (excluding diaryl/α,β-unsaturated/α-hetero) is 1. The molecule has 1 aliphatic rings. The summed E-state index contributed by atoms with van der Waals surface area (Å²) in [5.41, 5.74) is 0.805. The number of thioether (sulfide) groups is 1. The van der Waals surface area contributed by atoms with Crippen LogP contribution in [0.4, 0.5) is 0 Å². The second-order valence-electron chi connectivity index (χ2n) is 4.05. The highest BCUT2D eigenvalue weighted by Gasteiger charge is 2.17. The molecule has 88 valence electrons. The van der Waals surface area contributed by atoms with Crippen LogP contribution < -0.4 is 0 Å². The number of ether oxygens (including phenoxy) is 1. The molecule has 0 aromatic carbocycles. The summed E-state index contributed by atoms with van der Waals surface area (Å²) in [6.45, 7) is 1.69. The highest BCUT2D eigenvalue weighted by molar-refractivity contribution is 8.00. The molecule has 0 amide bonds. The number of rotatable bonds is 4. The lowest BCUT2D eigenvalue weighted by Gasteiger charge is -2.21. The minimum absolute atomic E-state index is 0.226. The second kappa shape index (κ2) is 5.55. The van der Waals surface area contributed by atoms with Crippen LogP contribution in [0.2, 0.25) is 0 Å². The molecule has 4 heteroatoms. The summed E-state index contributed by atoms with van der Waals surface area (Å²) in [5, 5.41) is 0.595. The molecule has 0 unspecified atom stereocenters. The summed E-state index contributed by atoms with van der Waals surface area (Å²) in [6, 6.07) is 3.79. The van der Waals surface area contributed by atoms with Gasteiger partial charge in [-0.15, -0.1) is 0 Å². The fraction of sp³-hybridized carbons (Fsp3) is 0.583. The molecule has 2 rings (SSSR count). The molecule has 0 radical (unpaired) electrons. The van der Waals surface area contributed by atoms with Gasteiger partial charge in [0.2, 0.25) is 0 Å². The number of aryl methyl sites for hydroxylation is 1. The Morgan fingerprint density at radius 3 is 2.94 bits per heavy atom. The van der Waals surface area contributed by atoms with Crippen molar-refractivity contribution in [3.8, 4) is 0 Å². The predicted molar refractivity (Wildman–Crippen MR) is 66.0 cm³/mol. The fourth-order valence-corrected chi connectivity index (χ4v) is 2.92. The molecule has 1 aromatic rings. The first-order valence-corrected chi connectivity index (χ1v) is 6.66. The minimum atomic E-state index is 0.226. The van der Waals surface area contributed by atoms with Gasteiger partial charge in [0.15, 0.2) is 5.78 Å². The lowest BCUT2D eigenvalue weighted by Crippen LogP contribution is -2.19. The van der Waals surface area contributed by atoms with E-state index in [4.69, 9.17) is 4.74 Å². The zero-order valence-electron chi connectivity index (χ0n) is 9.52. The fourth-order valence-electron chi connectivity index (χ4n) is 1.86. The highest BCUT2D eigenvalue weighted by atomic mass is 32.2. The van der Waals surface area contributed by atoms with Crippen LogP contribution in [0, 0.1) is 0 Å². The molecule has 0 saturated carbocycles. The van der Waals surface area contributed by atoms with Crippen molar-refractivity contribution in [1.82, 2.24) is 4.57 Å². The Morgan fingerprint density at radius 2 is 2.31 bits per heavy atom. The molecule has 0 spiro atoms. The third kappa shape index (κ3) is 2.89. The summed E-state index contributed by atoms with van der Waals surface area (Å²) >= 11 is 1.77. The van der Waals surface area contributed by atoms with Crippen LogP contribution >= 0.6 is 11.8 Å². The van der Waals surface area contributed by atoms with Crippen LogP contribution in [-0.4, -0.2) is 34.6 Å². The first-order valence-electron chi connectivity index (χ1n) is 5.61. The largest absolute Gasteiger partial charge is 0.381 e. The van der Waals surface area contributed by atoms with Gasteiger partial charge in [-0.05, 0) is 25.0 Å². The molecule has 0 N–H and O–H groups in total. The van der Waals surface area contributed by atoms with E-state index in [9.17, 15) is 4.79 Å². The van der Waals surface area contributed by atoms with Gasteiger partial charge in [-0.1, -0.05) is 0 Å². The van der Waals surface area contributed by atoms with E-state index < -0.39 is 0 Å². The van der Waals surface area contributed by atoms with Crippen LogP contribution in [0.5, 0.6) is 0 Å². The summed E-state index contributed by atoms with van der Waals surface area (Å²) in [5.74, 6) is 0.812. The van der Waals surface area contributed by atoms with E-state index in [0.717, 1.165) is 31.7 Å². The number of ketones is 1. The predicted octanol–water partition coefficient (Wildman–Crippen LogP) is 2.12. The average Bonchev–Trinajstić information content (AvgIpc) is 2.74.